The molecule has 0 aliphatic heterocycles. The zero-order valence-electron chi connectivity index (χ0n) is 30.4. The lowest BCUT2D eigenvalue weighted by molar-refractivity contribution is -0.218. The van der Waals surface area contributed by atoms with Gasteiger partial charge in [-0.15, -0.1) is 12.4 Å². The number of nitrogens with zero attached hydrogens (tertiary/aromatic N) is 3. The molecule has 1 aromatic heterocycles. The van der Waals surface area contributed by atoms with Gasteiger partial charge in [-0.3, -0.25) is 9.59 Å². The summed E-state index contributed by atoms with van der Waals surface area (Å²) in [6.07, 6.45) is 9.35. The van der Waals surface area contributed by atoms with Crippen molar-refractivity contribution in [3.63, 3.8) is 0 Å². The van der Waals surface area contributed by atoms with Crippen LogP contribution in [0.2, 0.25) is 5.15 Å². The van der Waals surface area contributed by atoms with Crippen LogP contribution in [0.25, 0.3) is 0 Å². The predicted octanol–water partition coefficient (Wildman–Crippen LogP) is 5.33. The van der Waals surface area contributed by atoms with Crippen molar-refractivity contribution in [2.45, 2.75) is 118 Å². The van der Waals surface area contributed by atoms with E-state index in [0.717, 1.165) is 44.9 Å². The summed E-state index contributed by atoms with van der Waals surface area (Å²) in [6, 6.07) is 0. The maximum Gasteiger partial charge on any atom is 0.312 e. The lowest BCUT2D eigenvalue weighted by Crippen LogP contribution is -2.67. The first-order valence-corrected chi connectivity index (χ1v) is 17.9. The second-order valence-corrected chi connectivity index (χ2v) is 18.0. The smallest absolute Gasteiger partial charge is 0.312 e. The quantitative estimate of drug-likeness (QED) is 0.116. The van der Waals surface area contributed by atoms with Crippen LogP contribution in [0.1, 0.15) is 117 Å². The van der Waals surface area contributed by atoms with Crippen LogP contribution in [0.4, 0.5) is 11.6 Å². The molecule has 0 saturated heterocycles. The fourth-order valence-electron chi connectivity index (χ4n) is 11.5. The molecule has 5 aliphatic carbocycles. The summed E-state index contributed by atoms with van der Waals surface area (Å²) in [5.41, 5.74) is 20.8. The molecule has 4 fully saturated rings. The average molecular weight is 739 g/mol. The molecule has 0 bridgehead atoms. The van der Waals surface area contributed by atoms with Crippen molar-refractivity contribution in [3.05, 3.63) is 22.5 Å². The molecular weight excluding hydrogens is 681 g/mol. The number of aliphatic carboxylic acids is 1. The van der Waals surface area contributed by atoms with Crippen LogP contribution in [0, 0.1) is 50.2 Å². The first-order valence-electron chi connectivity index (χ1n) is 17.5. The minimum Gasteiger partial charge on any atom is -0.481 e. The standard InChI is InChI=1S/C30H48O4.C6H8ClN7O.ClH/c1-25(2)14-15-30(24(33)34)19(16-25)18-8-9-21-27(5)12-11-22(31)26(3,4)20(27)10-13-28(21,6)29(18,7)17-23(30)32;7-2-4(9)13-3(8)1(12-2)5(15)14-6(10)11;/h8,19-23,31-32H,9-17H2,1-7H3,(H,33,34);(H4,8,9,13)(H4,10,11,14,15);1H. The van der Waals surface area contributed by atoms with Crippen LogP contribution in [0.5, 0.6) is 0 Å². The number of carbonyl (C=O) groups is 2. The zero-order chi connectivity index (χ0) is 36.7. The largest absolute Gasteiger partial charge is 0.481 e. The Kier molecular flexibility index (Phi) is 10.5. The molecule has 0 radical (unpaired) electrons. The number of nitrogens with two attached hydrogens (primary N) is 4. The van der Waals surface area contributed by atoms with Gasteiger partial charge in [-0.25, -0.2) is 9.97 Å². The minimum atomic E-state index is -1.04. The highest BCUT2D eigenvalue weighted by Crippen LogP contribution is 2.75. The van der Waals surface area contributed by atoms with E-state index in [9.17, 15) is 24.9 Å². The van der Waals surface area contributed by atoms with Crippen LogP contribution < -0.4 is 22.9 Å². The third kappa shape index (κ3) is 5.95. The van der Waals surface area contributed by atoms with Crippen molar-refractivity contribution in [2.24, 2.45) is 66.7 Å². The number of aliphatic hydroxyl groups is 2. The summed E-state index contributed by atoms with van der Waals surface area (Å²) in [6.45, 7) is 16.4. The topological polar surface area (TPSA) is 237 Å². The molecule has 5 aliphatic rings. The van der Waals surface area contributed by atoms with E-state index in [4.69, 9.17) is 34.5 Å². The first kappa shape index (κ1) is 40.1. The Morgan fingerprint density at radius 3 is 2.12 bits per heavy atom. The van der Waals surface area contributed by atoms with Crippen LogP contribution in [-0.2, 0) is 4.79 Å². The lowest BCUT2D eigenvalue weighted by atomic mass is 9.33. The second-order valence-electron chi connectivity index (χ2n) is 17.6. The van der Waals surface area contributed by atoms with Crippen LogP contribution in [0.3, 0.4) is 0 Å². The molecule has 9 atom stereocenters. The van der Waals surface area contributed by atoms with E-state index in [1.807, 2.05) is 0 Å². The number of nitrogen functional groups attached to an aromatic ring is 2. The molecule has 4 saturated carbocycles. The van der Waals surface area contributed by atoms with Crippen LogP contribution in [0.15, 0.2) is 16.6 Å². The van der Waals surface area contributed by atoms with Crippen molar-refractivity contribution in [1.29, 1.82) is 0 Å². The van der Waals surface area contributed by atoms with Gasteiger partial charge in [-0.2, -0.15) is 4.99 Å². The number of aliphatic imine (C=N–C) groups is 1. The highest BCUT2D eigenvalue weighted by atomic mass is 35.5. The number of anilines is 2. The van der Waals surface area contributed by atoms with E-state index in [-0.39, 0.29) is 74.0 Å². The SMILES string of the molecule is CC1(C)CCC2(C(=O)O)C(O)CC3(C)C(=CCC4C5(C)CCC(O)C(C)(C)C5CCC43C)C2C1.Cl.NC(N)=NC(=O)c1nc(Cl)c(N)nc1N. The number of aromatic nitrogens is 2. The van der Waals surface area contributed by atoms with Crippen molar-refractivity contribution in [1.82, 2.24) is 9.97 Å². The Morgan fingerprint density at radius 1 is 0.880 bits per heavy atom. The van der Waals surface area contributed by atoms with Gasteiger partial charge < -0.3 is 38.3 Å². The van der Waals surface area contributed by atoms with Gasteiger partial charge in [-0.1, -0.05) is 71.7 Å². The highest BCUT2D eigenvalue weighted by Gasteiger charge is 2.71. The van der Waals surface area contributed by atoms with Crippen molar-refractivity contribution in [3.8, 4) is 0 Å². The first-order chi connectivity index (χ1) is 22.5. The molecule has 11 N–H and O–H groups in total. The van der Waals surface area contributed by atoms with Crippen molar-refractivity contribution < 1.29 is 24.9 Å². The minimum absolute atomic E-state index is 0. The number of halogens is 2. The molecule has 14 heteroatoms. The van der Waals surface area contributed by atoms with Gasteiger partial charge in [0.15, 0.2) is 28.4 Å². The Bertz CT molecular complexity index is 1600. The molecule has 1 amide bonds. The number of amides is 1. The summed E-state index contributed by atoms with van der Waals surface area (Å²) in [5.74, 6) is -1.41. The van der Waals surface area contributed by atoms with Gasteiger partial charge in [0.2, 0.25) is 0 Å². The molecule has 9 unspecified atom stereocenters. The van der Waals surface area contributed by atoms with Crippen molar-refractivity contribution >= 4 is 53.5 Å². The summed E-state index contributed by atoms with van der Waals surface area (Å²) in [5, 5.41) is 32.9. The molecular formula is C36H57Cl2N7O5. The van der Waals surface area contributed by atoms with Gasteiger partial charge in [0.1, 0.15) is 5.41 Å². The van der Waals surface area contributed by atoms with E-state index >= 15 is 0 Å². The number of aliphatic hydroxyl groups excluding tert-OH is 2. The van der Waals surface area contributed by atoms with E-state index in [0.29, 0.717) is 24.7 Å². The number of fused-ring (bicyclic) bond motifs is 7. The number of hydrogen-bond acceptors (Lipinski definition) is 8. The van der Waals surface area contributed by atoms with E-state index in [1.165, 1.54) is 5.57 Å². The Balaban J connectivity index is 0.000000297. The summed E-state index contributed by atoms with van der Waals surface area (Å²) in [4.78, 5) is 34.5. The third-order valence-corrected chi connectivity index (χ3v) is 14.7. The fourth-order valence-corrected chi connectivity index (χ4v) is 11.6. The molecule has 1 aromatic rings. The number of rotatable bonds is 2. The van der Waals surface area contributed by atoms with E-state index in [2.05, 4.69) is 69.5 Å². The third-order valence-electron chi connectivity index (χ3n) is 14.4. The molecule has 6 rings (SSSR count). The number of carboxylic acid groups (broad SMARTS) is 1. The predicted molar refractivity (Wildman–Crippen MR) is 197 cm³/mol. The van der Waals surface area contributed by atoms with Gasteiger partial charge in [-0.05, 0) is 103 Å². The average Bonchev–Trinajstić information content (AvgIpc) is 2.97. The van der Waals surface area contributed by atoms with Gasteiger partial charge in [0, 0.05) is 0 Å². The lowest BCUT2D eigenvalue weighted by Gasteiger charge is -2.71. The molecule has 280 valence electrons. The number of hydrogen-bond donors (Lipinski definition) is 7. The normalized spacial score (nSPS) is 39.2. The summed E-state index contributed by atoms with van der Waals surface area (Å²) < 4.78 is 0. The number of carbonyl (C=O) groups excluding carboxylic acids is 1. The highest BCUT2D eigenvalue weighted by molar-refractivity contribution is 6.31. The maximum absolute atomic E-state index is 12.8. The summed E-state index contributed by atoms with van der Waals surface area (Å²) in [7, 11) is 0. The number of guanidine groups is 1. The molecule has 0 spiro atoms. The number of allylic oxidation sites excluding steroid dienone is 2. The molecule has 50 heavy (non-hydrogen) atoms. The zero-order valence-corrected chi connectivity index (χ0v) is 32.0. The number of carboxylic acids is 1. The fraction of sp³-hybridized carbons (Fsp3) is 0.750. The van der Waals surface area contributed by atoms with Crippen LogP contribution in [-0.4, -0.2) is 55.3 Å². The summed E-state index contributed by atoms with van der Waals surface area (Å²) >= 11 is 5.55. The Morgan fingerprint density at radius 2 is 1.52 bits per heavy atom. The molecule has 12 nitrogen and oxygen atoms in total. The van der Waals surface area contributed by atoms with Crippen LogP contribution >= 0.6 is 24.0 Å². The Hall–Kier alpha value is -2.67. The monoisotopic (exact) mass is 737 g/mol. The van der Waals surface area contributed by atoms with E-state index < -0.39 is 29.4 Å². The molecule has 0 aromatic carbocycles. The Labute approximate surface area is 306 Å². The van der Waals surface area contributed by atoms with Gasteiger partial charge in [0.25, 0.3) is 0 Å². The van der Waals surface area contributed by atoms with Crippen molar-refractivity contribution in [2.75, 3.05) is 11.5 Å². The van der Waals surface area contributed by atoms with E-state index in [1.54, 1.807) is 0 Å². The molecule has 1 heterocycles. The second kappa shape index (κ2) is 13.1. The van der Waals surface area contributed by atoms with Gasteiger partial charge in [0.05, 0.1) is 12.2 Å². The van der Waals surface area contributed by atoms with Gasteiger partial charge >= 0.3 is 11.9 Å². The maximum atomic E-state index is 12.8.